The number of hydrogen-bond donors (Lipinski definition) is 1. The van der Waals surface area contributed by atoms with Crippen LogP contribution in [0.5, 0.6) is 5.75 Å². The van der Waals surface area contributed by atoms with Gasteiger partial charge in [0, 0.05) is 5.69 Å². The Morgan fingerprint density at radius 3 is 2.39 bits per heavy atom. The minimum Gasteiger partial charge on any atom is -0.507 e. The lowest BCUT2D eigenvalue weighted by molar-refractivity contribution is -0.132. The van der Waals surface area contributed by atoms with Gasteiger partial charge in [-0.2, -0.15) is 0 Å². The number of carbonyl (C=O) groups is 3. The van der Waals surface area contributed by atoms with Gasteiger partial charge in [-0.3, -0.25) is 14.5 Å². The molecule has 0 saturated carbocycles. The molecule has 196 valence electrons. The highest BCUT2D eigenvalue weighted by Crippen LogP contribution is 2.44. The van der Waals surface area contributed by atoms with Crippen LogP contribution >= 0.6 is 0 Å². The van der Waals surface area contributed by atoms with Crippen molar-refractivity contribution < 1.29 is 29.0 Å². The van der Waals surface area contributed by atoms with Crippen LogP contribution in [0.25, 0.3) is 5.76 Å². The minimum absolute atomic E-state index is 0.0529. The summed E-state index contributed by atoms with van der Waals surface area (Å²) in [6, 6.07) is 16.6. The van der Waals surface area contributed by atoms with Crippen molar-refractivity contribution in [2.24, 2.45) is 0 Å². The van der Waals surface area contributed by atoms with Crippen molar-refractivity contribution in [2.45, 2.75) is 40.2 Å². The van der Waals surface area contributed by atoms with Crippen molar-refractivity contribution in [3.05, 3.63) is 99.6 Å². The van der Waals surface area contributed by atoms with Crippen LogP contribution in [0, 0.1) is 20.8 Å². The molecule has 1 heterocycles. The van der Waals surface area contributed by atoms with E-state index >= 15 is 0 Å². The Balaban J connectivity index is 1.95. The molecule has 0 spiro atoms. The number of hydrogen-bond acceptors (Lipinski definition) is 6. The lowest BCUT2D eigenvalue weighted by Gasteiger charge is -2.26. The lowest BCUT2D eigenvalue weighted by Crippen LogP contribution is -2.29. The van der Waals surface area contributed by atoms with Gasteiger partial charge in [0.05, 0.1) is 36.5 Å². The number of anilines is 1. The summed E-state index contributed by atoms with van der Waals surface area (Å²) in [5.41, 5.74) is 4.10. The standard InChI is InChI=1S/C31H31NO6/c1-6-13-38-31(36)22-11-8-12-23(17-22)32-26(21-10-7-9-18(2)15-21)25(28(34)30(32)35)27(33)24-16-19(3)14-20(4)29(24)37-5/h7-12,14-17,26,33H,6,13H2,1-5H3/b27-25+. The number of rotatable bonds is 7. The van der Waals surface area contributed by atoms with Crippen molar-refractivity contribution >= 4 is 29.1 Å². The monoisotopic (exact) mass is 513 g/mol. The van der Waals surface area contributed by atoms with E-state index in [0.29, 0.717) is 29.0 Å². The third-order valence-electron chi connectivity index (χ3n) is 6.48. The molecule has 0 aromatic heterocycles. The number of aryl methyl sites for hydroxylation is 3. The fourth-order valence-corrected chi connectivity index (χ4v) is 4.86. The molecular formula is C31H31NO6. The molecule has 4 rings (SSSR count). The highest BCUT2D eigenvalue weighted by atomic mass is 16.5. The van der Waals surface area contributed by atoms with Gasteiger partial charge in [0.1, 0.15) is 11.5 Å². The van der Waals surface area contributed by atoms with Crippen LogP contribution < -0.4 is 9.64 Å². The summed E-state index contributed by atoms with van der Waals surface area (Å²) in [6.07, 6.45) is 0.676. The van der Waals surface area contributed by atoms with E-state index in [1.54, 1.807) is 24.3 Å². The number of aliphatic hydroxyl groups is 1. The van der Waals surface area contributed by atoms with E-state index < -0.39 is 23.7 Å². The van der Waals surface area contributed by atoms with Crippen LogP contribution in [-0.2, 0) is 14.3 Å². The maximum absolute atomic E-state index is 13.6. The molecule has 7 heteroatoms. The van der Waals surface area contributed by atoms with Crippen LogP contribution in [0.3, 0.4) is 0 Å². The zero-order chi connectivity index (χ0) is 27.6. The number of benzene rings is 3. The summed E-state index contributed by atoms with van der Waals surface area (Å²) in [4.78, 5) is 41.0. The second-order valence-electron chi connectivity index (χ2n) is 9.43. The van der Waals surface area contributed by atoms with Crippen molar-refractivity contribution in [2.75, 3.05) is 18.6 Å². The number of Topliss-reactive ketones (excluding diaryl/α,β-unsaturated/α-hetero) is 1. The predicted molar refractivity (Wildman–Crippen MR) is 145 cm³/mol. The number of amides is 1. The summed E-state index contributed by atoms with van der Waals surface area (Å²) in [5, 5.41) is 11.6. The third kappa shape index (κ3) is 4.92. The number of ether oxygens (including phenoxy) is 2. The Morgan fingerprint density at radius 2 is 1.71 bits per heavy atom. The predicted octanol–water partition coefficient (Wildman–Crippen LogP) is 5.81. The van der Waals surface area contributed by atoms with Crippen molar-refractivity contribution in [3.63, 3.8) is 0 Å². The Kier molecular flexibility index (Phi) is 7.67. The average molecular weight is 514 g/mol. The minimum atomic E-state index is -0.928. The lowest BCUT2D eigenvalue weighted by atomic mass is 9.93. The Bertz CT molecular complexity index is 1450. The first kappa shape index (κ1) is 26.7. The summed E-state index contributed by atoms with van der Waals surface area (Å²) in [5.74, 6) is -2.05. The molecule has 1 atom stereocenters. The van der Waals surface area contributed by atoms with Crippen molar-refractivity contribution in [3.8, 4) is 5.75 Å². The molecule has 0 bridgehead atoms. The molecule has 3 aromatic rings. The third-order valence-corrected chi connectivity index (χ3v) is 6.48. The van der Waals surface area contributed by atoms with Crippen LogP contribution in [0.15, 0.2) is 66.2 Å². The first-order valence-electron chi connectivity index (χ1n) is 12.5. The van der Waals surface area contributed by atoms with E-state index in [9.17, 15) is 19.5 Å². The van der Waals surface area contributed by atoms with Crippen LogP contribution in [0.4, 0.5) is 5.69 Å². The number of carbonyl (C=O) groups excluding carboxylic acids is 3. The molecule has 1 unspecified atom stereocenters. The number of ketones is 1. The molecule has 7 nitrogen and oxygen atoms in total. The van der Waals surface area contributed by atoms with Crippen LogP contribution in [0.1, 0.15) is 57.6 Å². The van der Waals surface area contributed by atoms with Gasteiger partial charge >= 0.3 is 5.97 Å². The molecule has 0 aliphatic carbocycles. The van der Waals surface area contributed by atoms with Crippen LogP contribution in [0.2, 0.25) is 0 Å². The summed E-state index contributed by atoms with van der Waals surface area (Å²) >= 11 is 0. The Hall–Kier alpha value is -4.39. The molecule has 1 saturated heterocycles. The molecule has 0 radical (unpaired) electrons. The fourth-order valence-electron chi connectivity index (χ4n) is 4.86. The number of esters is 1. The molecule has 38 heavy (non-hydrogen) atoms. The van der Waals surface area contributed by atoms with Crippen molar-refractivity contribution in [1.29, 1.82) is 0 Å². The highest BCUT2D eigenvalue weighted by molar-refractivity contribution is 6.51. The summed E-state index contributed by atoms with van der Waals surface area (Å²) in [6.45, 7) is 7.81. The van der Waals surface area contributed by atoms with Gasteiger partial charge in [-0.05, 0) is 68.1 Å². The summed E-state index contributed by atoms with van der Waals surface area (Å²) in [7, 11) is 1.49. The zero-order valence-electron chi connectivity index (χ0n) is 22.2. The van der Waals surface area contributed by atoms with Gasteiger partial charge in [-0.25, -0.2) is 4.79 Å². The van der Waals surface area contributed by atoms with Gasteiger partial charge < -0.3 is 14.6 Å². The first-order chi connectivity index (χ1) is 18.2. The van der Waals surface area contributed by atoms with E-state index in [1.807, 2.05) is 58.0 Å². The average Bonchev–Trinajstić information content (AvgIpc) is 3.16. The van der Waals surface area contributed by atoms with E-state index in [2.05, 4.69) is 0 Å². The molecule has 3 aromatic carbocycles. The molecule has 1 aliphatic rings. The van der Waals surface area contributed by atoms with Gasteiger partial charge in [-0.1, -0.05) is 48.9 Å². The Morgan fingerprint density at radius 1 is 0.974 bits per heavy atom. The molecule has 1 fully saturated rings. The quantitative estimate of drug-likeness (QED) is 0.185. The Labute approximate surface area is 222 Å². The van der Waals surface area contributed by atoms with Gasteiger partial charge in [0.15, 0.2) is 0 Å². The van der Waals surface area contributed by atoms with E-state index in [0.717, 1.165) is 16.7 Å². The molecule has 1 aliphatic heterocycles. The van der Waals surface area contributed by atoms with E-state index in [4.69, 9.17) is 9.47 Å². The van der Waals surface area contributed by atoms with E-state index in [-0.39, 0.29) is 23.5 Å². The topological polar surface area (TPSA) is 93.1 Å². The van der Waals surface area contributed by atoms with E-state index in [1.165, 1.54) is 18.1 Å². The summed E-state index contributed by atoms with van der Waals surface area (Å²) < 4.78 is 10.8. The van der Waals surface area contributed by atoms with Crippen LogP contribution in [-0.4, -0.2) is 36.5 Å². The molecule has 1 amide bonds. The zero-order valence-corrected chi connectivity index (χ0v) is 22.2. The number of methoxy groups -OCH3 is 1. The maximum atomic E-state index is 13.6. The second kappa shape index (κ2) is 10.9. The second-order valence-corrected chi connectivity index (χ2v) is 9.43. The SMILES string of the molecule is CCCOC(=O)c1cccc(N2C(=O)C(=O)/C(=C(/O)c3cc(C)cc(C)c3OC)C2c2cccc(C)c2)c1. The number of aliphatic hydroxyl groups excluding tert-OH is 1. The van der Waals surface area contributed by atoms with Gasteiger partial charge in [0.25, 0.3) is 11.7 Å². The molecular weight excluding hydrogens is 482 g/mol. The molecule has 1 N–H and O–H groups in total. The highest BCUT2D eigenvalue weighted by Gasteiger charge is 2.47. The van der Waals surface area contributed by atoms with Gasteiger partial charge in [0.2, 0.25) is 0 Å². The largest absolute Gasteiger partial charge is 0.507 e. The number of nitrogens with zero attached hydrogens (tertiary/aromatic N) is 1. The van der Waals surface area contributed by atoms with Gasteiger partial charge in [-0.15, -0.1) is 0 Å². The van der Waals surface area contributed by atoms with Crippen molar-refractivity contribution in [1.82, 2.24) is 0 Å². The normalized spacial score (nSPS) is 16.6. The first-order valence-corrected chi connectivity index (χ1v) is 12.5. The smallest absolute Gasteiger partial charge is 0.338 e. The maximum Gasteiger partial charge on any atom is 0.338 e. The fraction of sp³-hybridized carbons (Fsp3) is 0.258.